The lowest BCUT2D eigenvalue weighted by atomic mass is 9.92. The molecule has 0 atom stereocenters. The first-order chi connectivity index (χ1) is 28.7. The second-order valence-corrected chi connectivity index (χ2v) is 14.6. The predicted molar refractivity (Wildman–Crippen MR) is 236 cm³/mol. The van der Waals surface area contributed by atoms with Crippen LogP contribution in [0.3, 0.4) is 0 Å². The van der Waals surface area contributed by atoms with Crippen LogP contribution in [0.2, 0.25) is 0 Å². The van der Waals surface area contributed by atoms with E-state index in [2.05, 4.69) is 126 Å². The fourth-order valence-electron chi connectivity index (χ4n) is 8.61. The zero-order valence-electron chi connectivity index (χ0n) is 31.0. The summed E-state index contributed by atoms with van der Waals surface area (Å²) in [6.45, 7) is 0. The summed E-state index contributed by atoms with van der Waals surface area (Å²) in [6.07, 6.45) is 0. The van der Waals surface area contributed by atoms with E-state index in [1.165, 1.54) is 10.8 Å². The molecule has 0 spiro atoms. The average molecular weight is 742 g/mol. The normalized spacial score (nSPS) is 11.8. The Balaban J connectivity index is 1.09. The quantitative estimate of drug-likeness (QED) is 0.164. The SMILES string of the molecule is c1ccc(-c2nc(-c3cccc(-n4c5ccccc5c5ccccc54)c3)nc(-c3cc4ccc5ccc6nc(-c7ccccc7)oc6c5c4c4ccccc34)n2)cc1. The van der Waals surface area contributed by atoms with Crippen LogP contribution in [0.4, 0.5) is 0 Å². The summed E-state index contributed by atoms with van der Waals surface area (Å²) in [5, 5.41) is 8.85. The maximum absolute atomic E-state index is 6.61. The van der Waals surface area contributed by atoms with E-state index in [1.54, 1.807) is 0 Å². The van der Waals surface area contributed by atoms with Gasteiger partial charge in [-0.25, -0.2) is 19.9 Å². The minimum Gasteiger partial charge on any atom is -0.435 e. The maximum atomic E-state index is 6.61. The van der Waals surface area contributed by atoms with Gasteiger partial charge in [0.25, 0.3) is 0 Å². The van der Waals surface area contributed by atoms with Crippen LogP contribution >= 0.6 is 0 Å². The summed E-state index contributed by atoms with van der Waals surface area (Å²) in [7, 11) is 0. The average Bonchev–Trinajstić information content (AvgIpc) is 3.89. The molecular formula is C52H31N5O. The Kier molecular flexibility index (Phi) is 7.13. The van der Waals surface area contributed by atoms with Crippen LogP contribution < -0.4 is 0 Å². The second kappa shape index (κ2) is 12.8. The number of oxazole rings is 1. The van der Waals surface area contributed by atoms with E-state index in [4.69, 9.17) is 24.4 Å². The highest BCUT2D eigenvalue weighted by molar-refractivity contribution is 6.28. The molecular weight excluding hydrogens is 711 g/mol. The zero-order chi connectivity index (χ0) is 38.2. The molecule has 6 heteroatoms. The van der Waals surface area contributed by atoms with Crippen molar-refractivity contribution in [2.45, 2.75) is 0 Å². The summed E-state index contributed by atoms with van der Waals surface area (Å²) in [5.74, 6) is 2.43. The molecule has 0 N–H and O–H groups in total. The van der Waals surface area contributed by atoms with Gasteiger partial charge in [-0.05, 0) is 70.1 Å². The molecule has 0 amide bonds. The third kappa shape index (κ3) is 5.05. The van der Waals surface area contributed by atoms with Crippen molar-refractivity contribution in [3.05, 3.63) is 188 Å². The van der Waals surface area contributed by atoms with Gasteiger partial charge in [0.1, 0.15) is 5.52 Å². The van der Waals surface area contributed by atoms with Gasteiger partial charge < -0.3 is 8.98 Å². The topological polar surface area (TPSA) is 69.6 Å². The Morgan fingerprint density at radius 3 is 1.69 bits per heavy atom. The Morgan fingerprint density at radius 2 is 0.948 bits per heavy atom. The van der Waals surface area contributed by atoms with Crippen molar-refractivity contribution in [2.24, 2.45) is 0 Å². The molecule has 0 saturated heterocycles. The van der Waals surface area contributed by atoms with Gasteiger partial charge in [0.2, 0.25) is 5.89 Å². The second-order valence-electron chi connectivity index (χ2n) is 14.6. The lowest BCUT2D eigenvalue weighted by molar-refractivity contribution is 0.623. The standard InChI is InChI=1S/C52H31N5O/c1-3-14-33(15-4-1)49-54-50(36-18-13-19-37(30-36)57-44-24-11-9-21-39(44)40-22-10-12-25-45(40)57)56-51(55-49)42-31-35-27-26-32-28-29-43-48(58-52(53-43)34-16-5-2-6-17-34)47(32)46(35)41-23-8-7-20-38(41)42/h1-31H. The molecule has 0 fully saturated rings. The Bertz CT molecular complexity index is 3520. The molecule has 0 aliphatic rings. The maximum Gasteiger partial charge on any atom is 0.227 e. The van der Waals surface area contributed by atoms with E-state index < -0.39 is 0 Å². The molecule has 58 heavy (non-hydrogen) atoms. The van der Waals surface area contributed by atoms with Gasteiger partial charge >= 0.3 is 0 Å². The van der Waals surface area contributed by atoms with Gasteiger partial charge in [-0.3, -0.25) is 0 Å². The Morgan fingerprint density at radius 1 is 0.379 bits per heavy atom. The first-order valence-corrected chi connectivity index (χ1v) is 19.4. The molecule has 0 radical (unpaired) electrons. The summed E-state index contributed by atoms with van der Waals surface area (Å²) < 4.78 is 8.93. The van der Waals surface area contributed by atoms with Crippen LogP contribution in [0.5, 0.6) is 0 Å². The van der Waals surface area contributed by atoms with Crippen LogP contribution in [0.25, 0.3) is 117 Å². The zero-order valence-corrected chi connectivity index (χ0v) is 31.0. The molecule has 0 bridgehead atoms. The molecule has 0 unspecified atom stereocenters. The molecule has 0 aliphatic carbocycles. The number of hydrogen-bond donors (Lipinski definition) is 0. The van der Waals surface area contributed by atoms with Crippen LogP contribution in [0.15, 0.2) is 192 Å². The number of para-hydroxylation sites is 2. The first-order valence-electron chi connectivity index (χ1n) is 19.4. The van der Waals surface area contributed by atoms with Gasteiger partial charge in [-0.2, -0.15) is 0 Å². The molecule has 270 valence electrons. The van der Waals surface area contributed by atoms with Crippen LogP contribution in [-0.2, 0) is 0 Å². The summed E-state index contributed by atoms with van der Waals surface area (Å²) in [4.78, 5) is 20.6. The van der Waals surface area contributed by atoms with E-state index in [-0.39, 0.29) is 0 Å². The number of rotatable bonds is 5. The van der Waals surface area contributed by atoms with E-state index in [9.17, 15) is 0 Å². The Hall–Kier alpha value is -7.96. The summed E-state index contributed by atoms with van der Waals surface area (Å²) in [6, 6.07) is 65.1. The predicted octanol–water partition coefficient (Wildman–Crippen LogP) is 13.2. The van der Waals surface area contributed by atoms with Crippen molar-refractivity contribution < 1.29 is 4.42 Å². The van der Waals surface area contributed by atoms with E-state index >= 15 is 0 Å². The number of hydrogen-bond acceptors (Lipinski definition) is 5. The third-order valence-electron chi connectivity index (χ3n) is 11.2. The van der Waals surface area contributed by atoms with Crippen LogP contribution in [0.1, 0.15) is 0 Å². The van der Waals surface area contributed by atoms with Gasteiger partial charge in [-0.1, -0.05) is 140 Å². The van der Waals surface area contributed by atoms with Crippen molar-refractivity contribution in [2.75, 3.05) is 0 Å². The minimum absolute atomic E-state index is 0.603. The Labute approximate surface area is 332 Å². The largest absolute Gasteiger partial charge is 0.435 e. The van der Waals surface area contributed by atoms with Crippen LogP contribution in [-0.4, -0.2) is 24.5 Å². The number of fused-ring (bicyclic) bond motifs is 10. The summed E-state index contributed by atoms with van der Waals surface area (Å²) >= 11 is 0. The van der Waals surface area contributed by atoms with E-state index in [1.807, 2.05) is 66.7 Å². The molecule has 3 aromatic heterocycles. The van der Waals surface area contributed by atoms with Crippen molar-refractivity contribution in [1.29, 1.82) is 0 Å². The molecule has 0 saturated carbocycles. The highest BCUT2D eigenvalue weighted by atomic mass is 16.3. The highest BCUT2D eigenvalue weighted by Gasteiger charge is 2.20. The lowest BCUT2D eigenvalue weighted by Crippen LogP contribution is -2.01. The molecule has 6 nitrogen and oxygen atoms in total. The summed E-state index contributed by atoms with van der Waals surface area (Å²) in [5.41, 5.74) is 8.63. The molecule has 0 aliphatic heterocycles. The number of benzene rings is 9. The smallest absolute Gasteiger partial charge is 0.227 e. The first kappa shape index (κ1) is 32.3. The fourth-order valence-corrected chi connectivity index (χ4v) is 8.61. The lowest BCUT2D eigenvalue weighted by Gasteiger charge is -2.14. The number of aromatic nitrogens is 5. The molecule has 12 rings (SSSR count). The van der Waals surface area contributed by atoms with Gasteiger partial charge in [0.05, 0.1) is 11.0 Å². The van der Waals surface area contributed by atoms with Crippen molar-refractivity contribution in [3.63, 3.8) is 0 Å². The van der Waals surface area contributed by atoms with Crippen LogP contribution in [0, 0.1) is 0 Å². The van der Waals surface area contributed by atoms with Gasteiger partial charge in [0, 0.05) is 49.5 Å². The molecule has 3 heterocycles. The highest BCUT2D eigenvalue weighted by Crippen LogP contribution is 2.42. The minimum atomic E-state index is 0.603. The van der Waals surface area contributed by atoms with Gasteiger partial charge in [-0.15, -0.1) is 0 Å². The van der Waals surface area contributed by atoms with Gasteiger partial charge in [0.15, 0.2) is 23.1 Å². The molecule has 12 aromatic rings. The number of nitrogens with zero attached hydrogens (tertiary/aromatic N) is 5. The van der Waals surface area contributed by atoms with E-state index in [0.29, 0.717) is 23.4 Å². The third-order valence-corrected chi connectivity index (χ3v) is 11.2. The van der Waals surface area contributed by atoms with Crippen molar-refractivity contribution in [1.82, 2.24) is 24.5 Å². The monoisotopic (exact) mass is 741 g/mol. The fraction of sp³-hybridized carbons (Fsp3) is 0. The van der Waals surface area contributed by atoms with Crippen molar-refractivity contribution in [3.8, 4) is 51.3 Å². The van der Waals surface area contributed by atoms with E-state index in [0.717, 1.165) is 82.4 Å². The molecule has 9 aromatic carbocycles. The van der Waals surface area contributed by atoms with Crippen molar-refractivity contribution >= 4 is 65.2 Å².